The smallest absolute Gasteiger partial charge is 0.255 e. The first kappa shape index (κ1) is 14.4. The number of halogens is 2. The van der Waals surface area contributed by atoms with Crippen molar-refractivity contribution in [2.45, 2.75) is 19.5 Å². The highest BCUT2D eigenvalue weighted by Gasteiger charge is 2.14. The van der Waals surface area contributed by atoms with Crippen molar-refractivity contribution in [3.05, 3.63) is 55.4 Å². The molecule has 1 aromatic carbocycles. The Balaban J connectivity index is 1.77. The zero-order chi connectivity index (χ0) is 14.8. The number of benzene rings is 1. The van der Waals surface area contributed by atoms with Crippen LogP contribution in [0.2, 0.25) is 10.0 Å². The molecule has 0 radical (unpaired) electrons. The first-order chi connectivity index (χ1) is 10.1. The molecule has 3 N–H and O–H groups in total. The van der Waals surface area contributed by atoms with Crippen LogP contribution in [0.1, 0.15) is 16.8 Å². The SMILES string of the molecule is O=c1[nH]c(NCc2ccc(Cl)c(Cl)c2)nc2c1CCNC2. The monoisotopic (exact) mass is 324 g/mol. The van der Waals surface area contributed by atoms with Crippen molar-refractivity contribution in [3.63, 3.8) is 0 Å². The number of rotatable bonds is 3. The standard InChI is InChI=1S/C14H14Cl2N4O/c15-10-2-1-8(5-11(10)16)6-18-14-19-12-7-17-4-3-9(12)13(21)20-14/h1-2,5,17H,3-4,6-7H2,(H2,18,19,20,21). The fraction of sp³-hybridized carbons (Fsp3) is 0.286. The maximum atomic E-state index is 12.0. The van der Waals surface area contributed by atoms with Crippen LogP contribution in [0.15, 0.2) is 23.0 Å². The number of nitrogens with one attached hydrogen (secondary N) is 3. The van der Waals surface area contributed by atoms with E-state index in [0.717, 1.165) is 23.4 Å². The van der Waals surface area contributed by atoms with Crippen molar-refractivity contribution < 1.29 is 0 Å². The van der Waals surface area contributed by atoms with Gasteiger partial charge in [-0.05, 0) is 30.7 Å². The van der Waals surface area contributed by atoms with Crippen LogP contribution in [0.3, 0.4) is 0 Å². The van der Waals surface area contributed by atoms with E-state index in [1.54, 1.807) is 12.1 Å². The zero-order valence-corrected chi connectivity index (χ0v) is 12.7. The number of aromatic nitrogens is 2. The molecule has 0 spiro atoms. The fourth-order valence-corrected chi connectivity index (χ4v) is 2.61. The lowest BCUT2D eigenvalue weighted by atomic mass is 10.1. The van der Waals surface area contributed by atoms with Gasteiger partial charge in [-0.3, -0.25) is 9.78 Å². The lowest BCUT2D eigenvalue weighted by molar-refractivity contribution is 0.619. The Morgan fingerprint density at radius 1 is 1.29 bits per heavy atom. The summed E-state index contributed by atoms with van der Waals surface area (Å²) in [6, 6.07) is 5.40. The highest BCUT2D eigenvalue weighted by atomic mass is 35.5. The van der Waals surface area contributed by atoms with Crippen molar-refractivity contribution in [1.29, 1.82) is 0 Å². The van der Waals surface area contributed by atoms with Gasteiger partial charge in [-0.15, -0.1) is 0 Å². The number of nitrogens with zero attached hydrogens (tertiary/aromatic N) is 1. The molecule has 5 nitrogen and oxygen atoms in total. The van der Waals surface area contributed by atoms with Crippen molar-refractivity contribution in [2.75, 3.05) is 11.9 Å². The van der Waals surface area contributed by atoms with E-state index >= 15 is 0 Å². The Morgan fingerprint density at radius 2 is 2.14 bits per heavy atom. The Kier molecular flexibility index (Phi) is 4.14. The summed E-state index contributed by atoms with van der Waals surface area (Å²) in [4.78, 5) is 19.2. The lowest BCUT2D eigenvalue weighted by Gasteiger charge is -2.16. The summed E-state index contributed by atoms with van der Waals surface area (Å²) < 4.78 is 0. The molecule has 0 saturated carbocycles. The van der Waals surface area contributed by atoms with Crippen LogP contribution >= 0.6 is 23.2 Å². The third kappa shape index (κ3) is 3.20. The molecule has 21 heavy (non-hydrogen) atoms. The quantitative estimate of drug-likeness (QED) is 0.810. The molecule has 0 bridgehead atoms. The number of fused-ring (bicyclic) bond motifs is 1. The van der Waals surface area contributed by atoms with Crippen molar-refractivity contribution in [3.8, 4) is 0 Å². The highest BCUT2D eigenvalue weighted by molar-refractivity contribution is 6.42. The second kappa shape index (κ2) is 6.05. The number of anilines is 1. The summed E-state index contributed by atoms with van der Waals surface area (Å²) in [5.74, 6) is 0.466. The highest BCUT2D eigenvalue weighted by Crippen LogP contribution is 2.22. The summed E-state index contributed by atoms with van der Waals surface area (Å²) in [6.07, 6.45) is 0.713. The largest absolute Gasteiger partial charge is 0.352 e. The lowest BCUT2D eigenvalue weighted by Crippen LogP contribution is -2.31. The maximum absolute atomic E-state index is 12.0. The predicted octanol–water partition coefficient (Wildman–Crippen LogP) is 2.33. The first-order valence-electron chi connectivity index (χ1n) is 6.64. The second-order valence-corrected chi connectivity index (χ2v) is 5.68. The van der Waals surface area contributed by atoms with Gasteiger partial charge in [0.05, 0.1) is 15.7 Å². The van der Waals surface area contributed by atoms with Crippen LogP contribution in [0, 0.1) is 0 Å². The topological polar surface area (TPSA) is 69.8 Å². The van der Waals surface area contributed by atoms with Gasteiger partial charge in [0.15, 0.2) is 0 Å². The van der Waals surface area contributed by atoms with Crippen LogP contribution in [-0.4, -0.2) is 16.5 Å². The predicted molar refractivity (Wildman–Crippen MR) is 84.1 cm³/mol. The molecule has 0 aliphatic carbocycles. The summed E-state index contributed by atoms with van der Waals surface area (Å²) in [5.41, 5.74) is 2.47. The van der Waals surface area contributed by atoms with Gasteiger partial charge in [-0.2, -0.15) is 0 Å². The molecule has 2 aromatic rings. The molecular formula is C14H14Cl2N4O. The average Bonchev–Trinajstić information content (AvgIpc) is 2.49. The van der Waals surface area contributed by atoms with Gasteiger partial charge in [0, 0.05) is 18.7 Å². The van der Waals surface area contributed by atoms with Crippen molar-refractivity contribution in [2.24, 2.45) is 0 Å². The van der Waals surface area contributed by atoms with E-state index in [-0.39, 0.29) is 5.56 Å². The van der Waals surface area contributed by atoms with E-state index in [4.69, 9.17) is 23.2 Å². The van der Waals surface area contributed by atoms with Crippen LogP contribution in [0.25, 0.3) is 0 Å². The van der Waals surface area contributed by atoms with E-state index in [1.165, 1.54) is 0 Å². The second-order valence-electron chi connectivity index (χ2n) is 4.87. The minimum Gasteiger partial charge on any atom is -0.352 e. The summed E-state index contributed by atoms with van der Waals surface area (Å²) >= 11 is 11.9. The van der Waals surface area contributed by atoms with E-state index in [9.17, 15) is 4.79 Å². The third-order valence-electron chi connectivity index (χ3n) is 3.39. The molecule has 3 rings (SSSR count). The van der Waals surface area contributed by atoms with Gasteiger partial charge < -0.3 is 10.6 Å². The minimum atomic E-state index is -0.0712. The number of hydrogen-bond acceptors (Lipinski definition) is 4. The molecule has 7 heteroatoms. The molecule has 1 aliphatic heterocycles. The van der Waals surface area contributed by atoms with Gasteiger partial charge in [0.25, 0.3) is 5.56 Å². The van der Waals surface area contributed by atoms with Crippen LogP contribution in [0.4, 0.5) is 5.95 Å². The van der Waals surface area contributed by atoms with Gasteiger partial charge in [-0.1, -0.05) is 29.3 Å². The molecule has 1 aliphatic rings. The van der Waals surface area contributed by atoms with E-state index in [1.807, 2.05) is 6.07 Å². The van der Waals surface area contributed by atoms with Gasteiger partial charge in [0.2, 0.25) is 5.95 Å². The van der Waals surface area contributed by atoms with Crippen molar-refractivity contribution in [1.82, 2.24) is 15.3 Å². The normalized spacial score (nSPS) is 13.8. The number of hydrogen-bond donors (Lipinski definition) is 3. The number of H-pyrrole nitrogens is 1. The molecule has 0 fully saturated rings. The van der Waals surface area contributed by atoms with Crippen LogP contribution < -0.4 is 16.2 Å². The molecule has 0 amide bonds. The van der Waals surface area contributed by atoms with Crippen molar-refractivity contribution >= 4 is 29.2 Å². The van der Waals surface area contributed by atoms with Gasteiger partial charge in [-0.25, -0.2) is 4.98 Å². The molecule has 0 saturated heterocycles. The van der Waals surface area contributed by atoms with Gasteiger partial charge >= 0.3 is 0 Å². The molecular weight excluding hydrogens is 311 g/mol. The Hall–Kier alpha value is -1.56. The fourth-order valence-electron chi connectivity index (χ4n) is 2.29. The van der Waals surface area contributed by atoms with Crippen LogP contribution in [-0.2, 0) is 19.5 Å². The Bertz CT molecular complexity index is 729. The summed E-state index contributed by atoms with van der Waals surface area (Å²) in [7, 11) is 0. The summed E-state index contributed by atoms with van der Waals surface area (Å²) in [5, 5.41) is 7.34. The maximum Gasteiger partial charge on any atom is 0.255 e. The number of aromatic amines is 1. The third-order valence-corrected chi connectivity index (χ3v) is 4.13. The zero-order valence-electron chi connectivity index (χ0n) is 11.2. The molecule has 0 unspecified atom stereocenters. The first-order valence-corrected chi connectivity index (χ1v) is 7.39. The average molecular weight is 325 g/mol. The van der Waals surface area contributed by atoms with Crippen LogP contribution in [0.5, 0.6) is 0 Å². The molecule has 0 atom stereocenters. The molecule has 110 valence electrons. The van der Waals surface area contributed by atoms with E-state index in [2.05, 4.69) is 20.6 Å². The van der Waals surface area contributed by atoms with E-state index < -0.39 is 0 Å². The summed E-state index contributed by atoms with van der Waals surface area (Å²) in [6.45, 7) is 1.94. The van der Waals surface area contributed by atoms with E-state index in [0.29, 0.717) is 35.5 Å². The molecule has 2 heterocycles. The molecule has 1 aromatic heterocycles. The van der Waals surface area contributed by atoms with Gasteiger partial charge in [0.1, 0.15) is 0 Å². The minimum absolute atomic E-state index is 0.0712. The Labute approximate surface area is 131 Å². The Morgan fingerprint density at radius 3 is 2.95 bits per heavy atom.